The molecule has 1 rings (SSSR count). The van der Waals surface area contributed by atoms with Gasteiger partial charge in [0.25, 0.3) is 0 Å². The van der Waals surface area contributed by atoms with Crippen LogP contribution in [0, 0.1) is 0 Å². The van der Waals surface area contributed by atoms with E-state index in [4.69, 9.17) is 10.5 Å². The summed E-state index contributed by atoms with van der Waals surface area (Å²) in [5.74, 6) is 0.440. The number of methoxy groups -OCH3 is 1. The fourth-order valence-corrected chi connectivity index (χ4v) is 1.92. The van der Waals surface area contributed by atoms with E-state index >= 15 is 0 Å². The summed E-state index contributed by atoms with van der Waals surface area (Å²) in [5, 5.41) is 0. The molecule has 0 aliphatic carbocycles. The molecule has 0 saturated heterocycles. The molecule has 0 aliphatic rings. The average molecular weight is 250 g/mol. The largest absolute Gasteiger partial charge is 0.383 e. The third-order valence-electron chi connectivity index (χ3n) is 3.37. The highest BCUT2D eigenvalue weighted by Gasteiger charge is 2.05. The number of nitrogens with two attached hydrogens (primary N) is 1. The second-order valence-corrected chi connectivity index (χ2v) is 4.74. The van der Waals surface area contributed by atoms with Gasteiger partial charge >= 0.3 is 0 Å². The molecule has 0 amide bonds. The Labute approximate surface area is 111 Å². The maximum absolute atomic E-state index is 5.68. The van der Waals surface area contributed by atoms with Crippen molar-refractivity contribution in [1.29, 1.82) is 0 Å². The molecule has 0 spiro atoms. The molecular weight excluding hydrogens is 224 g/mol. The summed E-state index contributed by atoms with van der Waals surface area (Å²) in [6, 6.07) is 8.79. The van der Waals surface area contributed by atoms with Crippen molar-refractivity contribution >= 4 is 0 Å². The summed E-state index contributed by atoms with van der Waals surface area (Å²) >= 11 is 0. The zero-order chi connectivity index (χ0) is 13.4. The van der Waals surface area contributed by atoms with Crippen molar-refractivity contribution in [2.45, 2.75) is 26.3 Å². The first-order chi connectivity index (χ1) is 8.71. The molecule has 2 N–H and O–H groups in total. The van der Waals surface area contributed by atoms with Crippen LogP contribution in [0.2, 0.25) is 0 Å². The van der Waals surface area contributed by atoms with Crippen molar-refractivity contribution in [3.63, 3.8) is 0 Å². The van der Waals surface area contributed by atoms with E-state index in [1.807, 2.05) is 0 Å². The van der Waals surface area contributed by atoms with Gasteiger partial charge in [-0.25, -0.2) is 0 Å². The fraction of sp³-hybridized carbons (Fsp3) is 0.600. The number of likely N-dealkylation sites (N-methyl/N-ethyl adjacent to an activating group) is 1. The standard InChI is InChI=1S/C15H26N2O/c1-4-17(9-10-18-3)12-14-5-7-15(8-6-14)13(2)11-16/h5-8,13H,4,9-12,16H2,1-3H3. The number of nitrogens with zero attached hydrogens (tertiary/aromatic N) is 1. The Bertz CT molecular complexity index is 324. The molecule has 1 unspecified atom stereocenters. The molecule has 0 bridgehead atoms. The highest BCUT2D eigenvalue weighted by atomic mass is 16.5. The second kappa shape index (κ2) is 8.25. The minimum absolute atomic E-state index is 0.440. The maximum Gasteiger partial charge on any atom is 0.0589 e. The fourth-order valence-electron chi connectivity index (χ4n) is 1.92. The summed E-state index contributed by atoms with van der Waals surface area (Å²) in [7, 11) is 1.75. The van der Waals surface area contributed by atoms with Crippen LogP contribution in [-0.2, 0) is 11.3 Å². The van der Waals surface area contributed by atoms with Crippen LogP contribution in [0.25, 0.3) is 0 Å². The molecule has 1 aromatic carbocycles. The van der Waals surface area contributed by atoms with E-state index < -0.39 is 0 Å². The lowest BCUT2D eigenvalue weighted by Crippen LogP contribution is -2.26. The molecule has 0 saturated carbocycles. The first kappa shape index (κ1) is 15.2. The van der Waals surface area contributed by atoms with Gasteiger partial charge in [0.15, 0.2) is 0 Å². The van der Waals surface area contributed by atoms with Crippen LogP contribution < -0.4 is 5.73 Å². The smallest absolute Gasteiger partial charge is 0.0589 e. The Morgan fingerprint density at radius 1 is 1.28 bits per heavy atom. The van der Waals surface area contributed by atoms with Crippen molar-refractivity contribution in [3.05, 3.63) is 35.4 Å². The molecule has 0 radical (unpaired) electrons. The van der Waals surface area contributed by atoms with Gasteiger partial charge in [-0.15, -0.1) is 0 Å². The maximum atomic E-state index is 5.68. The van der Waals surface area contributed by atoms with E-state index in [1.54, 1.807) is 7.11 Å². The van der Waals surface area contributed by atoms with Crippen molar-refractivity contribution in [2.24, 2.45) is 5.73 Å². The monoisotopic (exact) mass is 250 g/mol. The highest BCUT2D eigenvalue weighted by Crippen LogP contribution is 2.15. The minimum Gasteiger partial charge on any atom is -0.383 e. The number of ether oxygens (including phenoxy) is 1. The zero-order valence-corrected chi connectivity index (χ0v) is 11.9. The summed E-state index contributed by atoms with van der Waals surface area (Å²) in [6.45, 7) is 8.84. The van der Waals surface area contributed by atoms with E-state index in [2.05, 4.69) is 43.0 Å². The molecule has 3 nitrogen and oxygen atoms in total. The van der Waals surface area contributed by atoms with Crippen LogP contribution in [0.5, 0.6) is 0 Å². The molecule has 102 valence electrons. The molecule has 1 aromatic rings. The number of benzene rings is 1. The van der Waals surface area contributed by atoms with Gasteiger partial charge in [0.05, 0.1) is 6.61 Å². The molecule has 1 atom stereocenters. The summed E-state index contributed by atoms with van der Waals surface area (Å²) < 4.78 is 5.12. The average Bonchev–Trinajstić information content (AvgIpc) is 2.43. The van der Waals surface area contributed by atoms with Crippen LogP contribution >= 0.6 is 0 Å². The first-order valence-corrected chi connectivity index (χ1v) is 6.71. The lowest BCUT2D eigenvalue weighted by Gasteiger charge is -2.20. The van der Waals surface area contributed by atoms with Gasteiger partial charge in [-0.1, -0.05) is 38.1 Å². The van der Waals surface area contributed by atoms with E-state index in [0.717, 1.165) is 26.2 Å². The quantitative estimate of drug-likeness (QED) is 0.769. The lowest BCUT2D eigenvalue weighted by atomic mass is 10.00. The summed E-state index contributed by atoms with van der Waals surface area (Å²) in [5.41, 5.74) is 8.35. The SMILES string of the molecule is CCN(CCOC)Cc1ccc(C(C)CN)cc1. The third kappa shape index (κ3) is 4.77. The predicted molar refractivity (Wildman–Crippen MR) is 76.7 cm³/mol. The van der Waals surface area contributed by atoms with Gasteiger partial charge in [-0.05, 0) is 30.1 Å². The van der Waals surface area contributed by atoms with E-state index in [-0.39, 0.29) is 0 Å². The van der Waals surface area contributed by atoms with Gasteiger partial charge in [0.2, 0.25) is 0 Å². The molecule has 0 heterocycles. The van der Waals surface area contributed by atoms with Gasteiger partial charge in [0, 0.05) is 20.2 Å². The van der Waals surface area contributed by atoms with Crippen LogP contribution in [-0.4, -0.2) is 38.3 Å². The zero-order valence-electron chi connectivity index (χ0n) is 11.9. The lowest BCUT2D eigenvalue weighted by molar-refractivity contribution is 0.147. The van der Waals surface area contributed by atoms with E-state index in [1.165, 1.54) is 11.1 Å². The third-order valence-corrected chi connectivity index (χ3v) is 3.37. The summed E-state index contributed by atoms with van der Waals surface area (Å²) in [6.07, 6.45) is 0. The molecular formula is C15H26N2O. The normalized spacial score (nSPS) is 12.9. The highest BCUT2D eigenvalue weighted by molar-refractivity contribution is 5.25. The molecule has 0 fully saturated rings. The van der Waals surface area contributed by atoms with Crippen molar-refractivity contribution in [3.8, 4) is 0 Å². The van der Waals surface area contributed by atoms with Gasteiger partial charge in [-0.2, -0.15) is 0 Å². The first-order valence-electron chi connectivity index (χ1n) is 6.71. The second-order valence-electron chi connectivity index (χ2n) is 4.74. The predicted octanol–water partition coefficient (Wildman–Crippen LogP) is 2.22. The van der Waals surface area contributed by atoms with Crippen LogP contribution in [0.1, 0.15) is 30.9 Å². The molecule has 3 heteroatoms. The van der Waals surface area contributed by atoms with Crippen molar-refractivity contribution < 1.29 is 4.74 Å². The molecule has 18 heavy (non-hydrogen) atoms. The van der Waals surface area contributed by atoms with Crippen molar-refractivity contribution in [2.75, 3.05) is 33.4 Å². The van der Waals surface area contributed by atoms with Crippen LogP contribution in [0.4, 0.5) is 0 Å². The Hall–Kier alpha value is -0.900. The summed E-state index contributed by atoms with van der Waals surface area (Å²) in [4.78, 5) is 2.38. The van der Waals surface area contributed by atoms with Gasteiger partial charge < -0.3 is 10.5 Å². The topological polar surface area (TPSA) is 38.5 Å². The number of hydrogen-bond acceptors (Lipinski definition) is 3. The van der Waals surface area contributed by atoms with Crippen molar-refractivity contribution in [1.82, 2.24) is 4.90 Å². The van der Waals surface area contributed by atoms with E-state index in [0.29, 0.717) is 12.5 Å². The number of rotatable bonds is 8. The van der Waals surface area contributed by atoms with Crippen LogP contribution in [0.3, 0.4) is 0 Å². The number of hydrogen-bond donors (Lipinski definition) is 1. The van der Waals surface area contributed by atoms with Crippen LogP contribution in [0.15, 0.2) is 24.3 Å². The van der Waals surface area contributed by atoms with Gasteiger partial charge in [0.1, 0.15) is 0 Å². The minimum atomic E-state index is 0.440. The Kier molecular flexibility index (Phi) is 6.94. The molecule has 0 aromatic heterocycles. The Morgan fingerprint density at radius 2 is 1.94 bits per heavy atom. The van der Waals surface area contributed by atoms with Gasteiger partial charge in [-0.3, -0.25) is 4.90 Å². The molecule has 0 aliphatic heterocycles. The Morgan fingerprint density at radius 3 is 2.44 bits per heavy atom. The Balaban J connectivity index is 2.56. The van der Waals surface area contributed by atoms with E-state index in [9.17, 15) is 0 Å².